The average Bonchev–Trinajstić information content (AvgIpc) is 2.64. The Hall–Kier alpha value is -3.38. The van der Waals surface area contributed by atoms with Gasteiger partial charge in [-0.15, -0.1) is 0 Å². The molecule has 0 saturated heterocycles. The minimum atomic E-state index is -0.570. The van der Waals surface area contributed by atoms with E-state index in [0.29, 0.717) is 17.2 Å². The third-order valence-corrected chi connectivity index (χ3v) is 3.81. The first kappa shape index (κ1) is 17.4. The van der Waals surface area contributed by atoms with E-state index in [2.05, 4.69) is 5.32 Å². The Morgan fingerprint density at radius 1 is 0.962 bits per heavy atom. The maximum absolute atomic E-state index is 12.3. The van der Waals surface area contributed by atoms with Crippen molar-refractivity contribution in [2.75, 3.05) is 5.32 Å². The molecule has 0 fully saturated rings. The number of rotatable bonds is 5. The SMILES string of the molecule is O=C(Nc1ccc(Oc2ccccc2)cc1)c1ccc([N+](=O)[O-])cc1Cl. The summed E-state index contributed by atoms with van der Waals surface area (Å²) in [7, 11) is 0. The topological polar surface area (TPSA) is 81.5 Å². The Bertz CT molecular complexity index is 944. The molecular weight excluding hydrogens is 356 g/mol. The third kappa shape index (κ3) is 4.17. The number of ether oxygens (including phenoxy) is 1. The lowest BCUT2D eigenvalue weighted by Crippen LogP contribution is -2.12. The second-order valence-electron chi connectivity index (χ2n) is 5.31. The van der Waals surface area contributed by atoms with Gasteiger partial charge < -0.3 is 10.1 Å². The van der Waals surface area contributed by atoms with Gasteiger partial charge in [-0.2, -0.15) is 0 Å². The Balaban J connectivity index is 1.69. The molecule has 0 saturated carbocycles. The first-order valence-corrected chi connectivity index (χ1v) is 7.99. The van der Waals surface area contributed by atoms with Crippen LogP contribution < -0.4 is 10.1 Å². The van der Waals surface area contributed by atoms with Gasteiger partial charge in [0.15, 0.2) is 0 Å². The van der Waals surface area contributed by atoms with Crippen molar-refractivity contribution in [3.05, 3.63) is 93.5 Å². The fourth-order valence-electron chi connectivity index (χ4n) is 2.23. The number of carbonyl (C=O) groups is 1. The van der Waals surface area contributed by atoms with Crippen LogP contribution in [0, 0.1) is 10.1 Å². The van der Waals surface area contributed by atoms with Gasteiger partial charge in [-0.3, -0.25) is 14.9 Å². The molecule has 1 N–H and O–H groups in total. The van der Waals surface area contributed by atoms with Crippen molar-refractivity contribution < 1.29 is 14.5 Å². The highest BCUT2D eigenvalue weighted by Crippen LogP contribution is 2.25. The van der Waals surface area contributed by atoms with Crippen LogP contribution in [0.3, 0.4) is 0 Å². The van der Waals surface area contributed by atoms with Crippen LogP contribution in [0.5, 0.6) is 11.5 Å². The van der Waals surface area contributed by atoms with E-state index in [1.807, 2.05) is 30.3 Å². The number of amides is 1. The number of halogens is 1. The van der Waals surface area contributed by atoms with Crippen LogP contribution in [0.1, 0.15) is 10.4 Å². The Kier molecular flexibility index (Phi) is 5.15. The predicted molar refractivity (Wildman–Crippen MR) is 99.0 cm³/mol. The second kappa shape index (κ2) is 7.67. The number of non-ortho nitro benzene ring substituents is 1. The van der Waals surface area contributed by atoms with Gasteiger partial charge in [-0.25, -0.2) is 0 Å². The summed E-state index contributed by atoms with van der Waals surface area (Å²) < 4.78 is 5.68. The van der Waals surface area contributed by atoms with E-state index in [4.69, 9.17) is 16.3 Å². The molecule has 0 atom stereocenters. The van der Waals surface area contributed by atoms with E-state index in [9.17, 15) is 14.9 Å². The number of nitrogens with one attached hydrogen (secondary N) is 1. The Morgan fingerprint density at radius 3 is 2.23 bits per heavy atom. The molecule has 0 unspecified atom stereocenters. The first-order valence-electron chi connectivity index (χ1n) is 7.61. The first-order chi connectivity index (χ1) is 12.5. The number of anilines is 1. The van der Waals surface area contributed by atoms with E-state index in [0.717, 1.165) is 6.07 Å². The number of hydrogen-bond donors (Lipinski definition) is 1. The van der Waals surface area contributed by atoms with Crippen molar-refractivity contribution in [2.45, 2.75) is 0 Å². The number of nitro benzene ring substituents is 1. The van der Waals surface area contributed by atoms with Crippen molar-refractivity contribution >= 4 is 28.9 Å². The average molecular weight is 369 g/mol. The molecule has 7 heteroatoms. The molecular formula is C19H13ClN2O4. The molecule has 0 bridgehead atoms. The zero-order chi connectivity index (χ0) is 18.5. The van der Waals surface area contributed by atoms with Gasteiger partial charge in [0.2, 0.25) is 0 Å². The molecule has 0 aliphatic heterocycles. The lowest BCUT2D eigenvalue weighted by atomic mass is 10.2. The van der Waals surface area contributed by atoms with Crippen LogP contribution in [0.4, 0.5) is 11.4 Å². The summed E-state index contributed by atoms with van der Waals surface area (Å²) in [4.78, 5) is 22.4. The highest BCUT2D eigenvalue weighted by molar-refractivity contribution is 6.34. The molecule has 3 rings (SSSR count). The molecule has 130 valence electrons. The normalized spacial score (nSPS) is 10.2. The highest BCUT2D eigenvalue weighted by Gasteiger charge is 2.15. The molecule has 0 aliphatic rings. The number of nitrogens with zero attached hydrogens (tertiary/aromatic N) is 1. The molecule has 26 heavy (non-hydrogen) atoms. The summed E-state index contributed by atoms with van der Waals surface area (Å²) in [5.41, 5.74) is 0.528. The smallest absolute Gasteiger partial charge is 0.270 e. The number of para-hydroxylation sites is 1. The molecule has 3 aromatic carbocycles. The monoisotopic (exact) mass is 368 g/mol. The lowest BCUT2D eigenvalue weighted by Gasteiger charge is -2.09. The van der Waals surface area contributed by atoms with Crippen LogP contribution in [-0.2, 0) is 0 Å². The molecule has 3 aromatic rings. The summed E-state index contributed by atoms with van der Waals surface area (Å²) >= 11 is 5.96. The van der Waals surface area contributed by atoms with Crippen molar-refractivity contribution in [3.8, 4) is 11.5 Å². The minimum Gasteiger partial charge on any atom is -0.457 e. The van der Waals surface area contributed by atoms with E-state index in [-0.39, 0.29) is 16.3 Å². The molecule has 0 radical (unpaired) electrons. The summed E-state index contributed by atoms with van der Waals surface area (Å²) in [5, 5.41) is 13.4. The zero-order valence-electron chi connectivity index (χ0n) is 13.4. The van der Waals surface area contributed by atoms with Gasteiger partial charge >= 0.3 is 0 Å². The quantitative estimate of drug-likeness (QED) is 0.489. The van der Waals surface area contributed by atoms with Gasteiger partial charge in [0.25, 0.3) is 11.6 Å². The summed E-state index contributed by atoms with van der Waals surface area (Å²) in [6.07, 6.45) is 0. The van der Waals surface area contributed by atoms with Crippen molar-refractivity contribution in [1.29, 1.82) is 0 Å². The van der Waals surface area contributed by atoms with Crippen molar-refractivity contribution in [1.82, 2.24) is 0 Å². The Labute approximate surface area is 154 Å². The van der Waals surface area contributed by atoms with E-state index in [1.54, 1.807) is 24.3 Å². The van der Waals surface area contributed by atoms with E-state index >= 15 is 0 Å². The Morgan fingerprint density at radius 2 is 1.62 bits per heavy atom. The molecule has 0 aromatic heterocycles. The summed E-state index contributed by atoms with van der Waals surface area (Å²) in [6, 6.07) is 19.8. The molecule has 1 amide bonds. The molecule has 0 aliphatic carbocycles. The molecule has 0 heterocycles. The predicted octanol–water partition coefficient (Wildman–Crippen LogP) is 5.29. The fourth-order valence-corrected chi connectivity index (χ4v) is 2.49. The van der Waals surface area contributed by atoms with E-state index in [1.165, 1.54) is 12.1 Å². The number of carbonyl (C=O) groups excluding carboxylic acids is 1. The van der Waals surface area contributed by atoms with E-state index < -0.39 is 10.8 Å². The fraction of sp³-hybridized carbons (Fsp3) is 0. The second-order valence-corrected chi connectivity index (χ2v) is 5.72. The summed E-state index contributed by atoms with van der Waals surface area (Å²) in [5.74, 6) is 0.881. The number of nitro groups is 1. The van der Waals surface area contributed by atoms with Crippen LogP contribution in [0.2, 0.25) is 5.02 Å². The van der Waals surface area contributed by atoms with Crippen LogP contribution >= 0.6 is 11.6 Å². The van der Waals surface area contributed by atoms with Crippen LogP contribution in [0.25, 0.3) is 0 Å². The maximum Gasteiger partial charge on any atom is 0.270 e. The van der Waals surface area contributed by atoms with Gasteiger partial charge in [0, 0.05) is 17.8 Å². The van der Waals surface area contributed by atoms with Crippen LogP contribution in [0.15, 0.2) is 72.8 Å². The van der Waals surface area contributed by atoms with Gasteiger partial charge in [0.05, 0.1) is 15.5 Å². The number of benzene rings is 3. The zero-order valence-corrected chi connectivity index (χ0v) is 14.1. The van der Waals surface area contributed by atoms with Crippen LogP contribution in [-0.4, -0.2) is 10.8 Å². The molecule has 0 spiro atoms. The highest BCUT2D eigenvalue weighted by atomic mass is 35.5. The van der Waals surface area contributed by atoms with Gasteiger partial charge in [-0.1, -0.05) is 29.8 Å². The number of hydrogen-bond acceptors (Lipinski definition) is 4. The third-order valence-electron chi connectivity index (χ3n) is 3.50. The van der Waals surface area contributed by atoms with Crippen molar-refractivity contribution in [2.24, 2.45) is 0 Å². The van der Waals surface area contributed by atoms with Gasteiger partial charge in [0.1, 0.15) is 11.5 Å². The molecule has 6 nitrogen and oxygen atoms in total. The lowest BCUT2D eigenvalue weighted by molar-refractivity contribution is -0.384. The minimum absolute atomic E-state index is 0.0146. The van der Waals surface area contributed by atoms with Gasteiger partial charge in [-0.05, 0) is 42.5 Å². The maximum atomic E-state index is 12.3. The largest absolute Gasteiger partial charge is 0.457 e. The van der Waals surface area contributed by atoms with Crippen molar-refractivity contribution in [3.63, 3.8) is 0 Å². The summed E-state index contributed by atoms with van der Waals surface area (Å²) in [6.45, 7) is 0. The standard InChI is InChI=1S/C19H13ClN2O4/c20-18-12-14(22(24)25)8-11-17(18)19(23)21-13-6-9-16(10-7-13)26-15-4-2-1-3-5-15/h1-12H,(H,21,23).